The van der Waals surface area contributed by atoms with Crippen molar-refractivity contribution in [3.05, 3.63) is 58.6 Å². The van der Waals surface area contributed by atoms with Gasteiger partial charge in [0.1, 0.15) is 5.75 Å². The fourth-order valence-corrected chi connectivity index (χ4v) is 3.46. The number of nitrogens with zero attached hydrogens (tertiary/aromatic N) is 1. The monoisotopic (exact) mass is 386 g/mol. The Kier molecular flexibility index (Phi) is 6.01. The van der Waals surface area contributed by atoms with Crippen LogP contribution in [0.3, 0.4) is 0 Å². The lowest BCUT2D eigenvalue weighted by atomic mass is 10.1. The number of anilines is 1. The lowest BCUT2D eigenvalue weighted by Crippen LogP contribution is -2.34. The molecule has 2 aromatic carbocycles. The van der Waals surface area contributed by atoms with Crippen molar-refractivity contribution in [2.75, 3.05) is 25.1 Å². The Balaban J connectivity index is 1.56. The topological polar surface area (TPSA) is 58.6 Å². The Hall–Kier alpha value is -2.53. The summed E-state index contributed by atoms with van der Waals surface area (Å²) in [5.74, 6) is 0.315. The van der Waals surface area contributed by atoms with E-state index < -0.39 is 0 Å². The zero-order chi connectivity index (χ0) is 19.4. The molecule has 1 aliphatic rings. The standard InChI is InChI=1S/C21H23ClN2O3/c1-14-6-7-17(22)12-19(14)24-13-16(11-20(24)25)21(26)23-9-8-15-4-3-5-18(10-15)27-2/h3-7,10,12,16H,8-9,11,13H2,1-2H3,(H,23,26). The summed E-state index contributed by atoms with van der Waals surface area (Å²) in [7, 11) is 1.63. The zero-order valence-electron chi connectivity index (χ0n) is 15.5. The molecule has 1 fully saturated rings. The maximum absolute atomic E-state index is 12.5. The number of nitrogens with one attached hydrogen (secondary N) is 1. The molecule has 142 valence electrons. The zero-order valence-corrected chi connectivity index (χ0v) is 16.3. The Bertz CT molecular complexity index is 853. The fraction of sp³-hybridized carbons (Fsp3) is 0.333. The van der Waals surface area contributed by atoms with Gasteiger partial charge in [0.05, 0.1) is 13.0 Å². The Morgan fingerprint density at radius 2 is 2.11 bits per heavy atom. The molecule has 0 radical (unpaired) electrons. The molecule has 0 aliphatic carbocycles. The lowest BCUT2D eigenvalue weighted by molar-refractivity contribution is -0.126. The number of ether oxygens (including phenoxy) is 1. The Morgan fingerprint density at radius 3 is 2.89 bits per heavy atom. The minimum Gasteiger partial charge on any atom is -0.497 e. The first kappa shape index (κ1) is 19.2. The number of hydrogen-bond donors (Lipinski definition) is 1. The van der Waals surface area contributed by atoms with E-state index in [1.165, 1.54) is 0 Å². The highest BCUT2D eigenvalue weighted by Gasteiger charge is 2.35. The van der Waals surface area contributed by atoms with E-state index in [2.05, 4.69) is 5.32 Å². The average Bonchev–Trinajstić information content (AvgIpc) is 3.05. The van der Waals surface area contributed by atoms with E-state index in [9.17, 15) is 9.59 Å². The molecular weight excluding hydrogens is 364 g/mol. The molecule has 6 heteroatoms. The van der Waals surface area contributed by atoms with Gasteiger partial charge in [-0.25, -0.2) is 0 Å². The van der Waals surface area contributed by atoms with Gasteiger partial charge in [0.2, 0.25) is 11.8 Å². The number of halogens is 1. The number of rotatable bonds is 6. The summed E-state index contributed by atoms with van der Waals surface area (Å²) in [4.78, 5) is 26.6. The van der Waals surface area contributed by atoms with Gasteiger partial charge in [-0.2, -0.15) is 0 Å². The van der Waals surface area contributed by atoms with Crippen LogP contribution < -0.4 is 15.0 Å². The van der Waals surface area contributed by atoms with Crippen LogP contribution in [0.2, 0.25) is 5.02 Å². The number of hydrogen-bond acceptors (Lipinski definition) is 3. The molecule has 2 aromatic rings. The lowest BCUT2D eigenvalue weighted by Gasteiger charge is -2.19. The van der Waals surface area contributed by atoms with Crippen LogP contribution in [0, 0.1) is 12.8 Å². The molecule has 0 spiro atoms. The second-order valence-electron chi connectivity index (χ2n) is 6.73. The van der Waals surface area contributed by atoms with Crippen molar-refractivity contribution in [3.63, 3.8) is 0 Å². The molecule has 3 rings (SSSR count). The SMILES string of the molecule is COc1cccc(CCNC(=O)C2CC(=O)N(c3cc(Cl)ccc3C)C2)c1. The maximum Gasteiger partial charge on any atom is 0.227 e. The van der Waals surface area contributed by atoms with Crippen molar-refractivity contribution in [1.82, 2.24) is 5.32 Å². The van der Waals surface area contributed by atoms with Crippen LogP contribution in [-0.2, 0) is 16.0 Å². The Labute approximate surface area is 164 Å². The minimum absolute atomic E-state index is 0.0479. The number of aryl methyl sites for hydroxylation is 1. The van der Waals surface area contributed by atoms with Crippen LogP contribution in [0.15, 0.2) is 42.5 Å². The summed E-state index contributed by atoms with van der Waals surface area (Å²) in [5.41, 5.74) is 2.83. The first-order valence-electron chi connectivity index (χ1n) is 8.95. The third kappa shape index (κ3) is 4.61. The van der Waals surface area contributed by atoms with Gasteiger partial charge in [-0.3, -0.25) is 9.59 Å². The molecular formula is C21H23ClN2O3. The highest BCUT2D eigenvalue weighted by molar-refractivity contribution is 6.31. The van der Waals surface area contributed by atoms with Gasteiger partial charge < -0.3 is 15.0 Å². The van der Waals surface area contributed by atoms with Crippen molar-refractivity contribution >= 4 is 29.1 Å². The molecule has 1 aliphatic heterocycles. The van der Waals surface area contributed by atoms with E-state index in [1.54, 1.807) is 24.1 Å². The van der Waals surface area contributed by atoms with Crippen LogP contribution in [0.25, 0.3) is 0 Å². The molecule has 27 heavy (non-hydrogen) atoms. The quantitative estimate of drug-likeness (QED) is 0.828. The third-order valence-corrected chi connectivity index (χ3v) is 5.04. The molecule has 0 saturated carbocycles. The smallest absolute Gasteiger partial charge is 0.227 e. The number of carbonyl (C=O) groups excluding carboxylic acids is 2. The van der Waals surface area contributed by atoms with E-state index in [-0.39, 0.29) is 24.2 Å². The van der Waals surface area contributed by atoms with E-state index in [1.807, 2.05) is 37.3 Å². The van der Waals surface area contributed by atoms with E-state index in [4.69, 9.17) is 16.3 Å². The summed E-state index contributed by atoms with van der Waals surface area (Å²) in [6, 6.07) is 13.2. The van der Waals surface area contributed by atoms with E-state index in [0.717, 1.165) is 22.6 Å². The second kappa shape index (κ2) is 8.44. The van der Waals surface area contributed by atoms with Gasteiger partial charge in [0.15, 0.2) is 0 Å². The van der Waals surface area contributed by atoms with Crippen LogP contribution in [-0.4, -0.2) is 32.0 Å². The molecule has 1 atom stereocenters. The molecule has 0 aromatic heterocycles. The molecule has 1 unspecified atom stereocenters. The highest BCUT2D eigenvalue weighted by Crippen LogP contribution is 2.30. The summed E-state index contributed by atoms with van der Waals surface area (Å²) in [6.07, 6.45) is 0.928. The van der Waals surface area contributed by atoms with Gasteiger partial charge in [-0.1, -0.05) is 29.8 Å². The first-order chi connectivity index (χ1) is 13.0. The maximum atomic E-state index is 12.5. The molecule has 1 saturated heterocycles. The van der Waals surface area contributed by atoms with Crippen molar-refractivity contribution in [2.45, 2.75) is 19.8 Å². The third-order valence-electron chi connectivity index (χ3n) is 4.80. The van der Waals surface area contributed by atoms with Crippen molar-refractivity contribution < 1.29 is 14.3 Å². The number of carbonyl (C=O) groups is 2. The largest absolute Gasteiger partial charge is 0.497 e. The molecule has 2 amide bonds. The summed E-state index contributed by atoms with van der Waals surface area (Å²) in [5, 5.41) is 3.52. The average molecular weight is 387 g/mol. The van der Waals surface area contributed by atoms with Crippen LogP contribution in [0.4, 0.5) is 5.69 Å². The minimum atomic E-state index is -0.346. The van der Waals surface area contributed by atoms with Crippen LogP contribution >= 0.6 is 11.6 Å². The van der Waals surface area contributed by atoms with Crippen molar-refractivity contribution in [3.8, 4) is 5.75 Å². The van der Waals surface area contributed by atoms with E-state index >= 15 is 0 Å². The van der Waals surface area contributed by atoms with Gasteiger partial charge in [0.25, 0.3) is 0 Å². The number of methoxy groups -OCH3 is 1. The molecule has 0 bridgehead atoms. The van der Waals surface area contributed by atoms with E-state index in [0.29, 0.717) is 24.5 Å². The first-order valence-corrected chi connectivity index (χ1v) is 9.33. The molecule has 5 nitrogen and oxygen atoms in total. The van der Waals surface area contributed by atoms with Gasteiger partial charge in [-0.05, 0) is 48.7 Å². The Morgan fingerprint density at radius 1 is 1.30 bits per heavy atom. The predicted octanol–water partition coefficient (Wildman–Crippen LogP) is 3.37. The normalized spacial score (nSPS) is 16.5. The van der Waals surface area contributed by atoms with Crippen molar-refractivity contribution in [1.29, 1.82) is 0 Å². The van der Waals surface area contributed by atoms with Crippen molar-refractivity contribution in [2.24, 2.45) is 5.92 Å². The molecule has 1 N–H and O–H groups in total. The summed E-state index contributed by atoms with van der Waals surface area (Å²) >= 11 is 6.06. The number of amides is 2. The van der Waals surface area contributed by atoms with Crippen LogP contribution in [0.5, 0.6) is 5.75 Å². The van der Waals surface area contributed by atoms with Gasteiger partial charge in [-0.15, -0.1) is 0 Å². The van der Waals surface area contributed by atoms with Gasteiger partial charge in [0, 0.05) is 30.2 Å². The predicted molar refractivity (Wildman–Crippen MR) is 106 cm³/mol. The summed E-state index contributed by atoms with van der Waals surface area (Å²) in [6.45, 7) is 2.83. The fourth-order valence-electron chi connectivity index (χ4n) is 3.29. The highest BCUT2D eigenvalue weighted by atomic mass is 35.5. The summed E-state index contributed by atoms with van der Waals surface area (Å²) < 4.78 is 5.21. The number of benzene rings is 2. The van der Waals surface area contributed by atoms with Crippen LogP contribution in [0.1, 0.15) is 17.5 Å². The molecule has 1 heterocycles. The van der Waals surface area contributed by atoms with Gasteiger partial charge >= 0.3 is 0 Å². The second-order valence-corrected chi connectivity index (χ2v) is 7.17.